The van der Waals surface area contributed by atoms with Gasteiger partial charge in [-0.1, -0.05) is 11.6 Å². The zero-order valence-corrected chi connectivity index (χ0v) is 10.1. The van der Waals surface area contributed by atoms with Crippen LogP contribution in [0.25, 0.3) is 17.2 Å². The summed E-state index contributed by atoms with van der Waals surface area (Å²) in [6.45, 7) is 3.69. The zero-order valence-electron chi connectivity index (χ0n) is 9.31. The molecule has 0 aliphatic rings. The molecule has 3 heterocycles. The highest BCUT2D eigenvalue weighted by molar-refractivity contribution is 6.29. The summed E-state index contributed by atoms with van der Waals surface area (Å²) in [5.74, 6) is 2.66. The largest absolute Gasteiger partial charge is 0.458 e. The summed E-state index contributed by atoms with van der Waals surface area (Å²) in [5.41, 5.74) is 0.659. The Labute approximate surface area is 102 Å². The lowest BCUT2D eigenvalue weighted by molar-refractivity contribution is 0.541. The number of aromatic nitrogens is 4. The van der Waals surface area contributed by atoms with Crippen LogP contribution in [0.15, 0.2) is 22.6 Å². The molecule has 0 radical (unpaired) electrons. The van der Waals surface area contributed by atoms with Crippen molar-refractivity contribution < 1.29 is 4.42 Å². The van der Waals surface area contributed by atoms with Crippen molar-refractivity contribution in [1.82, 2.24) is 19.6 Å². The van der Waals surface area contributed by atoms with Crippen molar-refractivity contribution in [2.24, 2.45) is 0 Å². The number of fused-ring (bicyclic) bond motifs is 1. The summed E-state index contributed by atoms with van der Waals surface area (Å²) in [4.78, 5) is 8.48. The third kappa shape index (κ3) is 1.68. The third-order valence-electron chi connectivity index (χ3n) is 2.36. The van der Waals surface area contributed by atoms with Crippen LogP contribution in [0.2, 0.25) is 5.15 Å². The van der Waals surface area contributed by atoms with Crippen LogP contribution in [0, 0.1) is 13.8 Å². The molecule has 5 nitrogen and oxygen atoms in total. The molecule has 6 heteroatoms. The van der Waals surface area contributed by atoms with E-state index in [0.29, 0.717) is 28.2 Å². The van der Waals surface area contributed by atoms with Crippen molar-refractivity contribution in [2.45, 2.75) is 13.8 Å². The molecule has 0 fully saturated rings. The van der Waals surface area contributed by atoms with E-state index in [0.717, 1.165) is 5.76 Å². The van der Waals surface area contributed by atoms with E-state index in [2.05, 4.69) is 15.1 Å². The minimum absolute atomic E-state index is 0.369. The second-order valence-corrected chi connectivity index (χ2v) is 4.13. The smallest absolute Gasteiger partial charge is 0.200 e. The van der Waals surface area contributed by atoms with Crippen molar-refractivity contribution >= 4 is 17.2 Å². The molecule has 3 aromatic rings. The fraction of sp³-hybridized carbons (Fsp3) is 0.182. The predicted molar refractivity (Wildman–Crippen MR) is 63.0 cm³/mol. The van der Waals surface area contributed by atoms with E-state index in [1.807, 2.05) is 26.0 Å². The van der Waals surface area contributed by atoms with Crippen LogP contribution >= 0.6 is 11.6 Å². The van der Waals surface area contributed by atoms with Gasteiger partial charge in [0.25, 0.3) is 0 Å². The van der Waals surface area contributed by atoms with Crippen LogP contribution in [0.5, 0.6) is 0 Å². The topological polar surface area (TPSA) is 56.2 Å². The van der Waals surface area contributed by atoms with Gasteiger partial charge in [0.15, 0.2) is 17.2 Å². The second-order valence-electron chi connectivity index (χ2n) is 3.74. The Morgan fingerprint density at radius 3 is 2.76 bits per heavy atom. The van der Waals surface area contributed by atoms with Crippen molar-refractivity contribution in [3.63, 3.8) is 0 Å². The van der Waals surface area contributed by atoms with E-state index < -0.39 is 0 Å². The summed E-state index contributed by atoms with van der Waals surface area (Å²) in [6, 6.07) is 5.37. The molecule has 0 aliphatic heterocycles. The van der Waals surface area contributed by atoms with E-state index in [9.17, 15) is 0 Å². The van der Waals surface area contributed by atoms with E-state index in [4.69, 9.17) is 16.0 Å². The third-order valence-corrected chi connectivity index (χ3v) is 2.55. The molecule has 86 valence electrons. The molecule has 0 aromatic carbocycles. The first-order valence-electron chi connectivity index (χ1n) is 5.10. The van der Waals surface area contributed by atoms with Crippen molar-refractivity contribution in [3.05, 3.63) is 34.9 Å². The number of furan rings is 1. The van der Waals surface area contributed by atoms with Gasteiger partial charge in [-0.2, -0.15) is 4.52 Å². The molecule has 3 aromatic heterocycles. The van der Waals surface area contributed by atoms with E-state index in [-0.39, 0.29) is 0 Å². The van der Waals surface area contributed by atoms with Gasteiger partial charge in [0.05, 0.1) is 0 Å². The lowest BCUT2D eigenvalue weighted by atomic mass is 10.4. The van der Waals surface area contributed by atoms with Crippen LogP contribution in [0.4, 0.5) is 0 Å². The van der Waals surface area contributed by atoms with Crippen LogP contribution in [0.1, 0.15) is 11.6 Å². The lowest BCUT2D eigenvalue weighted by Crippen LogP contribution is -1.97. The van der Waals surface area contributed by atoms with Crippen LogP contribution < -0.4 is 0 Å². The standard InChI is InChI=1S/C11H9ClN4O/c1-6-3-4-8(17-6)11-14-9(12)5-10-13-7(2)15-16(10)11/h3-5H,1-2H3. The van der Waals surface area contributed by atoms with Crippen molar-refractivity contribution in [1.29, 1.82) is 0 Å². The van der Waals surface area contributed by atoms with Crippen LogP contribution in [0.3, 0.4) is 0 Å². The van der Waals surface area contributed by atoms with Gasteiger partial charge in [-0.15, -0.1) is 5.10 Å². The predicted octanol–water partition coefficient (Wildman–Crippen LogP) is 2.65. The summed E-state index contributed by atoms with van der Waals surface area (Å²) in [6.07, 6.45) is 0. The van der Waals surface area contributed by atoms with Gasteiger partial charge in [0, 0.05) is 6.07 Å². The average molecular weight is 249 g/mol. The number of rotatable bonds is 1. The molecular weight excluding hydrogens is 240 g/mol. The van der Waals surface area contributed by atoms with Crippen LogP contribution in [-0.2, 0) is 0 Å². The fourth-order valence-corrected chi connectivity index (χ4v) is 1.86. The fourth-order valence-electron chi connectivity index (χ4n) is 1.68. The Hall–Kier alpha value is -1.88. The Morgan fingerprint density at radius 2 is 2.06 bits per heavy atom. The zero-order chi connectivity index (χ0) is 12.0. The van der Waals surface area contributed by atoms with E-state index in [1.165, 1.54) is 0 Å². The van der Waals surface area contributed by atoms with Crippen LogP contribution in [-0.4, -0.2) is 19.6 Å². The molecule has 0 spiro atoms. The maximum Gasteiger partial charge on any atom is 0.200 e. The molecule has 0 aliphatic carbocycles. The first-order chi connectivity index (χ1) is 8.13. The van der Waals surface area contributed by atoms with Gasteiger partial charge in [-0.3, -0.25) is 0 Å². The van der Waals surface area contributed by atoms with E-state index >= 15 is 0 Å². The minimum Gasteiger partial charge on any atom is -0.458 e. The number of nitrogens with zero attached hydrogens (tertiary/aromatic N) is 4. The number of hydrogen-bond acceptors (Lipinski definition) is 4. The summed E-state index contributed by atoms with van der Waals surface area (Å²) in [7, 11) is 0. The lowest BCUT2D eigenvalue weighted by Gasteiger charge is -2.00. The molecular formula is C11H9ClN4O. The quantitative estimate of drug-likeness (QED) is 0.621. The van der Waals surface area contributed by atoms with Crippen molar-refractivity contribution in [2.75, 3.05) is 0 Å². The average Bonchev–Trinajstić information content (AvgIpc) is 2.82. The monoisotopic (exact) mass is 248 g/mol. The highest BCUT2D eigenvalue weighted by Crippen LogP contribution is 2.22. The number of halogens is 1. The van der Waals surface area contributed by atoms with Gasteiger partial charge in [-0.05, 0) is 26.0 Å². The molecule has 17 heavy (non-hydrogen) atoms. The van der Waals surface area contributed by atoms with Gasteiger partial charge in [0.2, 0.25) is 0 Å². The SMILES string of the molecule is Cc1nc2cc(Cl)nc(-c3ccc(C)o3)n2n1. The molecule has 0 N–H and O–H groups in total. The summed E-state index contributed by atoms with van der Waals surface area (Å²) >= 11 is 5.96. The summed E-state index contributed by atoms with van der Waals surface area (Å²) < 4.78 is 7.16. The minimum atomic E-state index is 0.369. The van der Waals surface area contributed by atoms with Gasteiger partial charge >= 0.3 is 0 Å². The molecule has 0 amide bonds. The molecule has 0 unspecified atom stereocenters. The Kier molecular flexibility index (Phi) is 2.16. The Balaban J connectivity index is 2.34. The van der Waals surface area contributed by atoms with Gasteiger partial charge in [-0.25, -0.2) is 9.97 Å². The second kappa shape index (κ2) is 3.56. The highest BCUT2D eigenvalue weighted by Gasteiger charge is 2.13. The molecule has 0 saturated heterocycles. The van der Waals surface area contributed by atoms with E-state index in [1.54, 1.807) is 10.6 Å². The summed E-state index contributed by atoms with van der Waals surface area (Å²) in [5, 5.41) is 4.63. The van der Waals surface area contributed by atoms with Crippen molar-refractivity contribution in [3.8, 4) is 11.6 Å². The normalized spacial score (nSPS) is 11.2. The number of hydrogen-bond donors (Lipinski definition) is 0. The Morgan fingerprint density at radius 1 is 1.24 bits per heavy atom. The maximum absolute atomic E-state index is 5.96. The molecule has 0 saturated carbocycles. The van der Waals surface area contributed by atoms with Gasteiger partial charge < -0.3 is 4.42 Å². The van der Waals surface area contributed by atoms with Gasteiger partial charge in [0.1, 0.15) is 16.7 Å². The number of aryl methyl sites for hydroxylation is 2. The first kappa shape index (κ1) is 10.3. The Bertz CT molecular complexity index is 701. The first-order valence-corrected chi connectivity index (χ1v) is 5.48. The molecule has 0 bridgehead atoms. The maximum atomic E-state index is 5.96. The highest BCUT2D eigenvalue weighted by atomic mass is 35.5. The molecule has 3 rings (SSSR count). The molecule has 0 atom stereocenters.